The van der Waals surface area contributed by atoms with E-state index in [1.54, 1.807) is 0 Å². The first-order valence-corrected chi connectivity index (χ1v) is 13.3. The van der Waals surface area contributed by atoms with Gasteiger partial charge in [-0.05, 0) is 99.5 Å². The van der Waals surface area contributed by atoms with Crippen molar-refractivity contribution < 1.29 is 29.0 Å². The molecule has 0 radical (unpaired) electrons. The monoisotopic (exact) mass is 470 g/mol. The second-order valence-electron chi connectivity index (χ2n) is 13.0. The number of ketones is 2. The topological polar surface area (TPSA) is 93.2 Å². The number of aliphatic hydroxyl groups is 1. The fourth-order valence-electron chi connectivity index (χ4n) is 9.62. The summed E-state index contributed by atoms with van der Waals surface area (Å²) < 4.78 is 11.9. The maximum Gasteiger partial charge on any atom is 0.309 e. The molecule has 12 unspecified atom stereocenters. The molecule has 2 aliphatic heterocycles. The Labute approximate surface area is 201 Å². The van der Waals surface area contributed by atoms with Crippen LogP contribution < -0.4 is 0 Å². The molecule has 2 heterocycles. The first-order valence-electron chi connectivity index (χ1n) is 13.3. The van der Waals surface area contributed by atoms with E-state index in [1.807, 2.05) is 20.8 Å². The molecule has 0 aromatic rings. The lowest BCUT2D eigenvalue weighted by molar-refractivity contribution is -0.201. The lowest BCUT2D eigenvalue weighted by Gasteiger charge is -2.58. The van der Waals surface area contributed by atoms with Gasteiger partial charge in [0.05, 0.1) is 17.4 Å². The molecule has 0 aromatic carbocycles. The van der Waals surface area contributed by atoms with E-state index in [2.05, 4.69) is 13.8 Å². The van der Waals surface area contributed by atoms with Crippen molar-refractivity contribution in [2.75, 3.05) is 0 Å². The third-order valence-corrected chi connectivity index (χ3v) is 11.9. The number of allylic oxidation sites excluding steroid dienone is 1. The molecule has 0 bridgehead atoms. The molecule has 1 N–H and O–H groups in total. The highest BCUT2D eigenvalue weighted by atomic mass is 16.6. The van der Waals surface area contributed by atoms with E-state index in [4.69, 9.17) is 9.47 Å². The normalized spacial score (nSPS) is 55.4. The third-order valence-electron chi connectivity index (χ3n) is 11.9. The largest absolute Gasteiger partial charge is 0.459 e. The van der Waals surface area contributed by atoms with Crippen LogP contribution >= 0.6 is 0 Å². The Hall–Kier alpha value is -1.53. The zero-order valence-electron chi connectivity index (χ0n) is 21.0. The van der Waals surface area contributed by atoms with Gasteiger partial charge < -0.3 is 14.6 Å². The van der Waals surface area contributed by atoms with Gasteiger partial charge in [-0.25, -0.2) is 0 Å². The minimum absolute atomic E-state index is 0.0209. The summed E-state index contributed by atoms with van der Waals surface area (Å²) in [6.45, 7) is 10.1. The van der Waals surface area contributed by atoms with Crippen LogP contribution in [0.4, 0.5) is 0 Å². The Morgan fingerprint density at radius 1 is 1.00 bits per heavy atom. The second kappa shape index (κ2) is 6.82. The zero-order chi connectivity index (χ0) is 24.4. The van der Waals surface area contributed by atoms with E-state index in [9.17, 15) is 19.5 Å². The fraction of sp³-hybridized carbons (Fsp3) is 0.821. The van der Waals surface area contributed by atoms with Crippen LogP contribution in [0.5, 0.6) is 0 Å². The third kappa shape index (κ3) is 2.52. The van der Waals surface area contributed by atoms with Crippen LogP contribution in [-0.2, 0) is 23.9 Å². The number of hydrogen-bond acceptors (Lipinski definition) is 6. The number of esters is 1. The second-order valence-corrected chi connectivity index (χ2v) is 13.0. The van der Waals surface area contributed by atoms with Gasteiger partial charge in [0.2, 0.25) is 0 Å². The van der Waals surface area contributed by atoms with E-state index < -0.39 is 22.7 Å². The number of rotatable bonds is 2. The summed E-state index contributed by atoms with van der Waals surface area (Å²) in [5, 5.41) is 11.9. The number of cyclic esters (lactones) is 1. The molecule has 6 rings (SSSR count). The first kappa shape index (κ1) is 22.9. The molecule has 3 saturated carbocycles. The van der Waals surface area contributed by atoms with Gasteiger partial charge >= 0.3 is 5.97 Å². The Kier molecular flexibility index (Phi) is 4.59. The van der Waals surface area contributed by atoms with E-state index >= 15 is 0 Å². The Balaban J connectivity index is 1.31. The van der Waals surface area contributed by atoms with E-state index in [1.165, 1.54) is 12.2 Å². The molecule has 5 fully saturated rings. The fourth-order valence-corrected chi connectivity index (χ4v) is 9.62. The van der Waals surface area contributed by atoms with Crippen molar-refractivity contribution in [2.45, 2.75) is 96.6 Å². The maximum atomic E-state index is 13.3. The van der Waals surface area contributed by atoms with Crippen LogP contribution in [0, 0.1) is 46.3 Å². The standard InChI is InChI=1S/C28H38O6/c1-14-12-22(33-24(31)15(14)2)27(5,32)19-7-6-17-16-13-23-28(34-23)21(30)9-8-20(29)26(28,4)18(16)10-11-25(17,19)3/h8-9,14-19,22-23,32H,6-7,10-13H2,1-5H3. The van der Waals surface area contributed by atoms with Crippen molar-refractivity contribution in [1.29, 1.82) is 0 Å². The molecule has 4 aliphatic carbocycles. The van der Waals surface area contributed by atoms with Crippen LogP contribution in [0.1, 0.15) is 73.1 Å². The number of hydrogen-bond donors (Lipinski definition) is 1. The highest BCUT2D eigenvalue weighted by molar-refractivity contribution is 6.15. The van der Waals surface area contributed by atoms with Gasteiger partial charge in [-0.3, -0.25) is 14.4 Å². The van der Waals surface area contributed by atoms with E-state index in [0.29, 0.717) is 18.3 Å². The lowest BCUT2D eigenvalue weighted by Crippen LogP contribution is -2.63. The van der Waals surface area contributed by atoms with Crippen LogP contribution in [-0.4, -0.2) is 46.1 Å². The van der Waals surface area contributed by atoms with Crippen molar-refractivity contribution >= 4 is 17.5 Å². The number of ether oxygens (including phenoxy) is 2. The van der Waals surface area contributed by atoms with Gasteiger partial charge in [0.15, 0.2) is 17.2 Å². The van der Waals surface area contributed by atoms with Gasteiger partial charge in [-0.2, -0.15) is 0 Å². The number of fused-ring (bicyclic) bond motifs is 4. The van der Waals surface area contributed by atoms with E-state index in [-0.39, 0.29) is 52.7 Å². The predicted octanol–water partition coefficient (Wildman–Crippen LogP) is 3.64. The van der Waals surface area contributed by atoms with Gasteiger partial charge in [-0.1, -0.05) is 20.8 Å². The molecule has 6 aliphatic rings. The van der Waals surface area contributed by atoms with Crippen LogP contribution in [0.2, 0.25) is 0 Å². The molecule has 0 aromatic heterocycles. The SMILES string of the molecule is CC1CC(C(C)(O)C2CCC3C4CC5OC56C(=O)C=CC(=O)C6(C)C4CCC32C)OC(=O)C1C. The van der Waals surface area contributed by atoms with Crippen molar-refractivity contribution in [3.63, 3.8) is 0 Å². The Morgan fingerprint density at radius 3 is 2.41 bits per heavy atom. The number of epoxide rings is 1. The zero-order valence-corrected chi connectivity index (χ0v) is 21.0. The maximum absolute atomic E-state index is 13.3. The van der Waals surface area contributed by atoms with Gasteiger partial charge in [0.25, 0.3) is 0 Å². The molecular weight excluding hydrogens is 432 g/mol. The first-order chi connectivity index (χ1) is 15.9. The van der Waals surface area contributed by atoms with Crippen LogP contribution in [0.3, 0.4) is 0 Å². The summed E-state index contributed by atoms with van der Waals surface area (Å²) in [6, 6.07) is 0. The van der Waals surface area contributed by atoms with Crippen molar-refractivity contribution in [3.8, 4) is 0 Å². The van der Waals surface area contributed by atoms with Crippen molar-refractivity contribution in [1.82, 2.24) is 0 Å². The Morgan fingerprint density at radius 2 is 1.71 bits per heavy atom. The van der Waals surface area contributed by atoms with Crippen molar-refractivity contribution in [2.24, 2.45) is 46.3 Å². The number of carbonyl (C=O) groups excluding carboxylic acids is 3. The predicted molar refractivity (Wildman–Crippen MR) is 123 cm³/mol. The van der Waals surface area contributed by atoms with Crippen molar-refractivity contribution in [3.05, 3.63) is 12.2 Å². The summed E-state index contributed by atoms with van der Waals surface area (Å²) in [7, 11) is 0. The average molecular weight is 471 g/mol. The molecular formula is C28H38O6. The highest BCUT2D eigenvalue weighted by Crippen LogP contribution is 2.72. The molecule has 1 spiro atoms. The van der Waals surface area contributed by atoms with Gasteiger partial charge in [-0.15, -0.1) is 0 Å². The molecule has 6 nitrogen and oxygen atoms in total. The van der Waals surface area contributed by atoms with Crippen LogP contribution in [0.15, 0.2) is 12.2 Å². The highest BCUT2D eigenvalue weighted by Gasteiger charge is 2.81. The number of carbonyl (C=O) groups is 3. The quantitative estimate of drug-likeness (QED) is 0.489. The summed E-state index contributed by atoms with van der Waals surface area (Å²) in [4.78, 5) is 38.7. The molecule has 34 heavy (non-hydrogen) atoms. The molecule has 0 amide bonds. The minimum Gasteiger partial charge on any atom is -0.459 e. The van der Waals surface area contributed by atoms with E-state index in [0.717, 1.165) is 32.1 Å². The summed E-state index contributed by atoms with van der Waals surface area (Å²) >= 11 is 0. The molecule has 6 heteroatoms. The summed E-state index contributed by atoms with van der Waals surface area (Å²) in [5.74, 6) is 0.611. The molecule has 186 valence electrons. The lowest BCUT2D eigenvalue weighted by atomic mass is 9.44. The smallest absolute Gasteiger partial charge is 0.309 e. The summed E-state index contributed by atoms with van der Waals surface area (Å²) in [6.07, 6.45) is 7.35. The molecule has 2 saturated heterocycles. The minimum atomic E-state index is -1.10. The summed E-state index contributed by atoms with van der Waals surface area (Å²) in [5.41, 5.74) is -2.94. The van der Waals surface area contributed by atoms with Crippen LogP contribution in [0.25, 0.3) is 0 Å². The average Bonchev–Trinajstić information content (AvgIpc) is 3.40. The molecule has 12 atom stereocenters. The van der Waals surface area contributed by atoms with Gasteiger partial charge in [0, 0.05) is 0 Å². The Bertz CT molecular complexity index is 999. The van der Waals surface area contributed by atoms with Gasteiger partial charge in [0.1, 0.15) is 11.7 Å².